The summed E-state index contributed by atoms with van der Waals surface area (Å²) in [7, 11) is 0. The molecule has 0 fully saturated rings. The van der Waals surface area contributed by atoms with Gasteiger partial charge in [-0.05, 0) is 44.4 Å². The van der Waals surface area contributed by atoms with Gasteiger partial charge in [-0.2, -0.15) is 13.2 Å². The fraction of sp³-hybridized carbons (Fsp3) is 0.409. The first-order valence-corrected chi connectivity index (χ1v) is 9.90. The first-order valence-electron chi connectivity index (χ1n) is 9.90. The van der Waals surface area contributed by atoms with E-state index in [2.05, 4.69) is 4.98 Å². The van der Waals surface area contributed by atoms with E-state index in [4.69, 9.17) is 4.74 Å². The zero-order chi connectivity index (χ0) is 23.7. The topological polar surface area (TPSA) is 71.5 Å². The first-order chi connectivity index (χ1) is 14.8. The van der Waals surface area contributed by atoms with E-state index in [0.717, 1.165) is 0 Å². The number of ether oxygens (including phenoxy) is 1. The van der Waals surface area contributed by atoms with Gasteiger partial charge in [0.1, 0.15) is 17.5 Å². The summed E-state index contributed by atoms with van der Waals surface area (Å²) in [5.74, 6) is -1.89. The van der Waals surface area contributed by atoms with Crippen molar-refractivity contribution in [2.24, 2.45) is 0 Å². The third-order valence-electron chi connectivity index (χ3n) is 4.89. The lowest BCUT2D eigenvalue weighted by molar-refractivity contribution is -0.234. The summed E-state index contributed by atoms with van der Waals surface area (Å²) in [5.41, 5.74) is -5.25. The fourth-order valence-corrected chi connectivity index (χ4v) is 3.49. The number of nitrogens with one attached hydrogen (secondary N) is 1. The zero-order valence-electron chi connectivity index (χ0n) is 17.7. The Bertz CT molecular complexity index is 992. The Kier molecular flexibility index (Phi) is 6.17. The van der Waals surface area contributed by atoms with E-state index in [-0.39, 0.29) is 24.3 Å². The summed E-state index contributed by atoms with van der Waals surface area (Å²) < 4.78 is 64.0. The van der Waals surface area contributed by atoms with Crippen LogP contribution in [0.5, 0.6) is 0 Å². The minimum absolute atomic E-state index is 0.0344. The van der Waals surface area contributed by atoms with Gasteiger partial charge in [-0.3, -0.25) is 9.69 Å². The molecule has 2 amide bonds. The smallest absolute Gasteiger partial charge is 0.434 e. The lowest BCUT2D eigenvalue weighted by atomic mass is 9.88. The quantitative estimate of drug-likeness (QED) is 0.692. The van der Waals surface area contributed by atoms with Gasteiger partial charge >= 0.3 is 17.9 Å². The van der Waals surface area contributed by atoms with Gasteiger partial charge < -0.3 is 10.1 Å². The maximum Gasteiger partial charge on any atom is 0.434 e. The van der Waals surface area contributed by atoms with Gasteiger partial charge in [-0.15, -0.1) is 0 Å². The zero-order valence-corrected chi connectivity index (χ0v) is 17.7. The number of fused-ring (bicyclic) bond motifs is 1. The SMILES string of the molecule is CC(C)(C)OC(=O)NC(c1ccccc1)[C@@](F)(C(=O)N1CCc2cccnc21)C(F)(F)F. The summed E-state index contributed by atoms with van der Waals surface area (Å²) in [6.45, 7) is 4.36. The average Bonchev–Trinajstić information content (AvgIpc) is 3.13. The third kappa shape index (κ3) is 4.53. The molecule has 1 N–H and O–H groups in total. The number of benzene rings is 1. The predicted molar refractivity (Wildman–Crippen MR) is 109 cm³/mol. The predicted octanol–water partition coefficient (Wildman–Crippen LogP) is 4.51. The molecule has 0 radical (unpaired) electrons. The number of carbonyl (C=O) groups excluding carboxylic acids is 2. The van der Waals surface area contributed by atoms with Crippen LogP contribution in [0.15, 0.2) is 48.7 Å². The van der Waals surface area contributed by atoms with Crippen molar-refractivity contribution in [2.45, 2.75) is 50.7 Å². The summed E-state index contributed by atoms with van der Waals surface area (Å²) in [4.78, 5) is 30.1. The number of hydrogen-bond donors (Lipinski definition) is 1. The molecule has 2 heterocycles. The molecule has 32 heavy (non-hydrogen) atoms. The van der Waals surface area contributed by atoms with Crippen molar-refractivity contribution in [2.75, 3.05) is 11.4 Å². The number of amides is 2. The first kappa shape index (κ1) is 23.5. The molecule has 1 aliphatic rings. The normalized spacial score (nSPS) is 16.7. The standard InChI is InChI=1S/C22H23F4N3O3/c1-20(2,3)32-19(31)28-16(14-8-5-4-6-9-14)21(23,22(24,25)26)18(30)29-13-11-15-10-7-12-27-17(15)29/h4-10,12,16H,11,13H2,1-3H3,(H,28,31)/t16?,21-/m1/s1. The Morgan fingerprint density at radius 3 is 2.31 bits per heavy atom. The molecule has 1 aromatic carbocycles. The lowest BCUT2D eigenvalue weighted by Gasteiger charge is -2.37. The summed E-state index contributed by atoms with van der Waals surface area (Å²) >= 11 is 0. The van der Waals surface area contributed by atoms with E-state index in [9.17, 15) is 22.8 Å². The molecule has 2 atom stereocenters. The Morgan fingerprint density at radius 1 is 1.06 bits per heavy atom. The molecule has 10 heteroatoms. The van der Waals surface area contributed by atoms with Crippen molar-refractivity contribution in [3.8, 4) is 0 Å². The van der Waals surface area contributed by atoms with E-state index < -0.39 is 35.5 Å². The van der Waals surface area contributed by atoms with Crippen LogP contribution in [0.3, 0.4) is 0 Å². The van der Waals surface area contributed by atoms with E-state index in [1.807, 2.05) is 5.32 Å². The largest absolute Gasteiger partial charge is 0.444 e. The molecule has 1 aliphatic heterocycles. The molecule has 0 aliphatic carbocycles. The van der Waals surface area contributed by atoms with Crippen LogP contribution in [0.2, 0.25) is 0 Å². The summed E-state index contributed by atoms with van der Waals surface area (Å²) in [6, 6.07) is 7.48. The highest BCUT2D eigenvalue weighted by molar-refractivity contribution is 6.01. The van der Waals surface area contributed by atoms with Crippen molar-refractivity contribution in [1.29, 1.82) is 0 Å². The van der Waals surface area contributed by atoms with Gasteiger partial charge in [-0.1, -0.05) is 36.4 Å². The van der Waals surface area contributed by atoms with E-state index in [0.29, 0.717) is 10.5 Å². The maximum atomic E-state index is 16.2. The fourth-order valence-electron chi connectivity index (χ4n) is 3.49. The van der Waals surface area contributed by atoms with Crippen molar-refractivity contribution in [1.82, 2.24) is 10.3 Å². The number of rotatable bonds is 4. The molecule has 0 bridgehead atoms. The minimum Gasteiger partial charge on any atom is -0.444 e. The Balaban J connectivity index is 2.08. The number of alkyl halides is 4. The highest BCUT2D eigenvalue weighted by Gasteiger charge is 2.69. The molecular weight excluding hydrogens is 430 g/mol. The molecule has 6 nitrogen and oxygen atoms in total. The highest BCUT2D eigenvalue weighted by Crippen LogP contribution is 2.46. The average molecular weight is 453 g/mol. The summed E-state index contributed by atoms with van der Waals surface area (Å²) in [5, 5.41) is 1.94. The van der Waals surface area contributed by atoms with E-state index in [1.54, 1.807) is 12.1 Å². The summed E-state index contributed by atoms with van der Waals surface area (Å²) in [6.07, 6.45) is -5.40. The number of nitrogens with zero attached hydrogens (tertiary/aromatic N) is 2. The van der Waals surface area contributed by atoms with Gasteiger partial charge in [0.2, 0.25) is 0 Å². The monoisotopic (exact) mass is 453 g/mol. The van der Waals surface area contributed by atoms with Gasteiger partial charge in [0.25, 0.3) is 5.91 Å². The maximum absolute atomic E-state index is 16.2. The van der Waals surface area contributed by atoms with Gasteiger partial charge in [0.05, 0.1) is 0 Å². The van der Waals surface area contributed by atoms with Gasteiger partial charge in [0.15, 0.2) is 0 Å². The molecule has 0 spiro atoms. The van der Waals surface area contributed by atoms with Crippen molar-refractivity contribution in [3.63, 3.8) is 0 Å². The molecule has 0 saturated heterocycles. The molecule has 0 saturated carbocycles. The molecule has 1 unspecified atom stereocenters. The van der Waals surface area contributed by atoms with Crippen molar-refractivity contribution < 1.29 is 31.9 Å². The second-order valence-electron chi connectivity index (χ2n) is 8.39. The second kappa shape index (κ2) is 8.40. The van der Waals surface area contributed by atoms with Crippen LogP contribution in [0.1, 0.15) is 37.9 Å². The second-order valence-corrected chi connectivity index (χ2v) is 8.39. The van der Waals surface area contributed by atoms with Crippen LogP contribution in [-0.4, -0.2) is 41.0 Å². The lowest BCUT2D eigenvalue weighted by Crippen LogP contribution is -2.62. The Labute approximate surface area is 182 Å². The highest BCUT2D eigenvalue weighted by atomic mass is 19.4. The van der Waals surface area contributed by atoms with E-state index in [1.165, 1.54) is 57.3 Å². The Morgan fingerprint density at radius 2 is 1.72 bits per heavy atom. The Hall–Kier alpha value is -3.17. The van der Waals surface area contributed by atoms with Crippen molar-refractivity contribution >= 4 is 17.8 Å². The number of pyridine rings is 1. The molecule has 3 rings (SSSR count). The van der Waals surface area contributed by atoms with Crippen LogP contribution in [0, 0.1) is 0 Å². The van der Waals surface area contributed by atoms with Crippen molar-refractivity contribution in [3.05, 3.63) is 59.8 Å². The van der Waals surface area contributed by atoms with E-state index >= 15 is 4.39 Å². The van der Waals surface area contributed by atoms with Gasteiger partial charge in [0, 0.05) is 12.7 Å². The molecule has 2 aromatic rings. The number of anilines is 1. The van der Waals surface area contributed by atoms with Crippen LogP contribution >= 0.6 is 0 Å². The number of alkyl carbamates (subject to hydrolysis) is 1. The number of hydrogen-bond acceptors (Lipinski definition) is 4. The van der Waals surface area contributed by atoms with Crippen LogP contribution in [-0.2, 0) is 16.0 Å². The molecular formula is C22H23F4N3O3. The number of carbonyl (C=O) groups is 2. The number of halogens is 4. The van der Waals surface area contributed by atoms with Gasteiger partial charge in [-0.25, -0.2) is 14.2 Å². The third-order valence-corrected chi connectivity index (χ3v) is 4.89. The minimum atomic E-state index is -5.66. The molecule has 172 valence electrons. The number of aromatic nitrogens is 1. The molecule has 1 aromatic heterocycles. The van der Waals surface area contributed by atoms with Crippen LogP contribution < -0.4 is 10.2 Å². The van der Waals surface area contributed by atoms with Crippen LogP contribution in [0.25, 0.3) is 0 Å². The van der Waals surface area contributed by atoms with Crippen LogP contribution in [0.4, 0.5) is 28.2 Å².